The molecule has 0 radical (unpaired) electrons. The Hall–Kier alpha value is -1.12. The third kappa shape index (κ3) is 2.56. The largest absolute Gasteiger partial charge is 0.495 e. The van der Waals surface area contributed by atoms with Crippen LogP contribution in [0.2, 0.25) is 5.02 Å². The molecule has 0 saturated heterocycles. The molecule has 0 aliphatic carbocycles. The second-order valence-electron chi connectivity index (χ2n) is 4.37. The van der Waals surface area contributed by atoms with Crippen LogP contribution in [-0.2, 0) is 0 Å². The molecule has 0 bridgehead atoms. The lowest BCUT2D eigenvalue weighted by Gasteiger charge is -2.11. The highest BCUT2D eigenvalue weighted by Crippen LogP contribution is 2.30. The van der Waals surface area contributed by atoms with E-state index in [0.717, 1.165) is 5.52 Å². The predicted octanol–water partition coefficient (Wildman–Crippen LogP) is 5.09. The molecule has 2 aromatic carbocycles. The Labute approximate surface area is 143 Å². The van der Waals surface area contributed by atoms with Gasteiger partial charge in [-0.1, -0.05) is 11.6 Å². The van der Waals surface area contributed by atoms with Crippen molar-refractivity contribution in [2.45, 2.75) is 0 Å². The number of rotatable bonds is 2. The molecule has 0 fully saturated rings. The normalized spacial score (nSPS) is 11.0. The van der Waals surface area contributed by atoms with Crippen LogP contribution >= 0.6 is 46.4 Å². The lowest BCUT2D eigenvalue weighted by molar-refractivity contribution is 0.413. The maximum atomic E-state index is 13.9. The highest BCUT2D eigenvalue weighted by atomic mass is 127. The first-order chi connectivity index (χ1) is 10.0. The SMILES string of the molecule is COc1ccc(Cl)cc1-n1c(=S)[nH]c2cc(I)c(F)cc21. The molecule has 1 N–H and O–H groups in total. The van der Waals surface area contributed by atoms with E-state index in [9.17, 15) is 4.39 Å². The van der Waals surface area contributed by atoms with E-state index < -0.39 is 0 Å². The number of methoxy groups -OCH3 is 1. The smallest absolute Gasteiger partial charge is 0.182 e. The number of aromatic amines is 1. The number of ether oxygens (including phenoxy) is 1. The van der Waals surface area contributed by atoms with Crippen LogP contribution in [0.5, 0.6) is 5.75 Å². The second kappa shape index (κ2) is 5.58. The molecule has 3 nitrogen and oxygen atoms in total. The molecule has 1 heterocycles. The molecule has 3 rings (SSSR count). The Morgan fingerprint density at radius 2 is 2.10 bits per heavy atom. The molecule has 0 saturated carbocycles. The van der Waals surface area contributed by atoms with Crippen molar-refractivity contribution in [2.75, 3.05) is 7.11 Å². The monoisotopic (exact) mass is 434 g/mol. The summed E-state index contributed by atoms with van der Waals surface area (Å²) in [5, 5.41) is 0.549. The molecule has 108 valence electrons. The quantitative estimate of drug-likeness (QED) is 0.450. The summed E-state index contributed by atoms with van der Waals surface area (Å²) in [6.45, 7) is 0. The first-order valence-corrected chi connectivity index (χ1v) is 7.81. The predicted molar refractivity (Wildman–Crippen MR) is 92.7 cm³/mol. The molecule has 0 aliphatic rings. The zero-order chi connectivity index (χ0) is 15.1. The maximum absolute atomic E-state index is 13.9. The van der Waals surface area contributed by atoms with E-state index in [1.807, 2.05) is 22.6 Å². The van der Waals surface area contributed by atoms with Crippen molar-refractivity contribution in [1.29, 1.82) is 0 Å². The van der Waals surface area contributed by atoms with Crippen molar-refractivity contribution in [3.63, 3.8) is 0 Å². The maximum Gasteiger partial charge on any atom is 0.182 e. The number of H-pyrrole nitrogens is 1. The van der Waals surface area contributed by atoms with Gasteiger partial charge in [-0.2, -0.15) is 0 Å². The van der Waals surface area contributed by atoms with Crippen LogP contribution in [0, 0.1) is 14.2 Å². The van der Waals surface area contributed by atoms with Crippen molar-refractivity contribution in [2.24, 2.45) is 0 Å². The third-order valence-corrected chi connectivity index (χ3v) is 4.45. The third-order valence-electron chi connectivity index (χ3n) is 3.11. The molecule has 7 heteroatoms. The van der Waals surface area contributed by atoms with Gasteiger partial charge in [0.25, 0.3) is 0 Å². The van der Waals surface area contributed by atoms with E-state index >= 15 is 0 Å². The van der Waals surface area contributed by atoms with Gasteiger partial charge in [0.15, 0.2) is 4.77 Å². The zero-order valence-electron chi connectivity index (χ0n) is 10.8. The average molecular weight is 435 g/mol. The number of fused-ring (bicyclic) bond motifs is 1. The van der Waals surface area contributed by atoms with Gasteiger partial charge in [-0.3, -0.25) is 4.57 Å². The Bertz CT molecular complexity index is 906. The van der Waals surface area contributed by atoms with Gasteiger partial charge in [-0.25, -0.2) is 4.39 Å². The molecule has 0 atom stereocenters. The summed E-state index contributed by atoms with van der Waals surface area (Å²) < 4.78 is 21.9. The van der Waals surface area contributed by atoms with E-state index in [1.54, 1.807) is 35.9 Å². The Morgan fingerprint density at radius 1 is 1.33 bits per heavy atom. The van der Waals surface area contributed by atoms with Crippen LogP contribution in [0.1, 0.15) is 0 Å². The molecule has 3 aromatic rings. The molecule has 0 amide bonds. The summed E-state index contributed by atoms with van der Waals surface area (Å²) in [6.07, 6.45) is 0. The van der Waals surface area contributed by atoms with E-state index in [1.165, 1.54) is 6.07 Å². The summed E-state index contributed by atoms with van der Waals surface area (Å²) in [7, 11) is 1.56. The molecular formula is C14H9ClFIN2OS. The number of nitrogens with one attached hydrogen (secondary N) is 1. The highest BCUT2D eigenvalue weighted by Gasteiger charge is 2.14. The van der Waals surface area contributed by atoms with Gasteiger partial charge in [0.2, 0.25) is 0 Å². The van der Waals surface area contributed by atoms with E-state index in [-0.39, 0.29) is 5.82 Å². The molecule has 21 heavy (non-hydrogen) atoms. The van der Waals surface area contributed by atoms with Gasteiger partial charge >= 0.3 is 0 Å². The number of hydrogen-bond acceptors (Lipinski definition) is 2. The van der Waals surface area contributed by atoms with Crippen molar-refractivity contribution in [3.05, 3.63) is 49.5 Å². The van der Waals surface area contributed by atoms with E-state index in [2.05, 4.69) is 4.98 Å². The van der Waals surface area contributed by atoms with Crippen LogP contribution in [0.4, 0.5) is 4.39 Å². The molecular weight excluding hydrogens is 426 g/mol. The standard InChI is InChI=1S/C14H9ClFIN2OS/c1-20-13-3-2-7(15)4-12(13)19-11-5-8(16)9(17)6-10(11)18-14(19)21/h2-6H,1H3,(H,18,21). The number of imidazole rings is 1. The van der Waals surface area contributed by atoms with Gasteiger partial charge in [0.05, 0.1) is 27.4 Å². The van der Waals surface area contributed by atoms with Crippen LogP contribution < -0.4 is 4.74 Å². The van der Waals surface area contributed by atoms with E-state index in [0.29, 0.717) is 30.3 Å². The number of halogens is 3. The number of hydrogen-bond donors (Lipinski definition) is 1. The van der Waals surface area contributed by atoms with Gasteiger partial charge in [-0.05, 0) is 59.1 Å². The number of benzene rings is 2. The minimum atomic E-state index is -0.299. The summed E-state index contributed by atoms with van der Waals surface area (Å²) in [5.41, 5.74) is 2.06. The van der Waals surface area contributed by atoms with Crippen molar-refractivity contribution in [1.82, 2.24) is 9.55 Å². The Morgan fingerprint density at radius 3 is 2.81 bits per heavy atom. The van der Waals surface area contributed by atoms with Crippen LogP contribution in [0.15, 0.2) is 30.3 Å². The number of aromatic nitrogens is 2. The van der Waals surface area contributed by atoms with Gasteiger partial charge in [-0.15, -0.1) is 0 Å². The van der Waals surface area contributed by atoms with Crippen LogP contribution in [0.3, 0.4) is 0 Å². The minimum Gasteiger partial charge on any atom is -0.495 e. The van der Waals surface area contributed by atoms with Crippen LogP contribution in [-0.4, -0.2) is 16.7 Å². The summed E-state index contributed by atoms with van der Waals surface area (Å²) in [5.74, 6) is 0.308. The fraction of sp³-hybridized carbons (Fsp3) is 0.0714. The van der Waals surface area contributed by atoms with Crippen molar-refractivity contribution < 1.29 is 9.13 Å². The fourth-order valence-electron chi connectivity index (χ4n) is 2.18. The van der Waals surface area contributed by atoms with Crippen LogP contribution in [0.25, 0.3) is 16.7 Å². The number of nitrogens with zero attached hydrogens (tertiary/aromatic N) is 1. The second-order valence-corrected chi connectivity index (χ2v) is 6.35. The van der Waals surface area contributed by atoms with Gasteiger partial charge in [0, 0.05) is 11.1 Å². The molecule has 0 aliphatic heterocycles. The highest BCUT2D eigenvalue weighted by molar-refractivity contribution is 14.1. The van der Waals surface area contributed by atoms with E-state index in [4.69, 9.17) is 28.6 Å². The first kappa shape index (κ1) is 14.8. The summed E-state index contributed by atoms with van der Waals surface area (Å²) >= 11 is 13.4. The van der Waals surface area contributed by atoms with Gasteiger partial charge < -0.3 is 9.72 Å². The van der Waals surface area contributed by atoms with Crippen molar-refractivity contribution in [3.8, 4) is 11.4 Å². The van der Waals surface area contributed by atoms with Gasteiger partial charge in [0.1, 0.15) is 11.6 Å². The van der Waals surface area contributed by atoms with Crippen molar-refractivity contribution >= 4 is 57.4 Å². The topological polar surface area (TPSA) is 29.9 Å². The summed E-state index contributed by atoms with van der Waals surface area (Å²) in [6, 6.07) is 8.38. The Kier molecular flexibility index (Phi) is 3.94. The first-order valence-electron chi connectivity index (χ1n) is 5.95. The molecule has 0 unspecified atom stereocenters. The summed E-state index contributed by atoms with van der Waals surface area (Å²) in [4.78, 5) is 3.07. The minimum absolute atomic E-state index is 0.299. The lowest BCUT2D eigenvalue weighted by Crippen LogP contribution is -1.98. The molecule has 0 spiro atoms. The fourth-order valence-corrected chi connectivity index (χ4v) is 3.12. The average Bonchev–Trinajstić information content (AvgIpc) is 2.74. The Balaban J connectivity index is 2.40. The lowest BCUT2D eigenvalue weighted by atomic mass is 10.2. The molecule has 1 aromatic heterocycles. The zero-order valence-corrected chi connectivity index (χ0v) is 14.5.